The van der Waals surface area contributed by atoms with Crippen LogP contribution in [0.25, 0.3) is 5.65 Å². The molecule has 2 rings (SSSR count). The largest absolute Gasteiger partial charge is 0.478 e. The summed E-state index contributed by atoms with van der Waals surface area (Å²) >= 11 is 0. The molecular formula is C10H11N3O3. The summed E-state index contributed by atoms with van der Waals surface area (Å²) in [5.74, 6) is -0.477. The summed E-state index contributed by atoms with van der Waals surface area (Å²) in [7, 11) is 0. The second kappa shape index (κ2) is 4.28. The molecule has 0 unspecified atom stereocenters. The van der Waals surface area contributed by atoms with E-state index in [9.17, 15) is 4.79 Å². The van der Waals surface area contributed by atoms with E-state index in [2.05, 4.69) is 10.1 Å². The van der Waals surface area contributed by atoms with E-state index in [0.29, 0.717) is 24.3 Å². The second-order valence-corrected chi connectivity index (χ2v) is 3.35. The van der Waals surface area contributed by atoms with Crippen LogP contribution in [0.15, 0.2) is 18.3 Å². The van der Waals surface area contributed by atoms with E-state index in [4.69, 9.17) is 10.2 Å². The van der Waals surface area contributed by atoms with Crippen molar-refractivity contribution in [3.05, 3.63) is 29.7 Å². The highest BCUT2D eigenvalue weighted by Crippen LogP contribution is 2.09. The minimum absolute atomic E-state index is 0.0708. The number of carbonyl (C=O) groups is 1. The number of pyridine rings is 1. The Morgan fingerprint density at radius 2 is 2.31 bits per heavy atom. The molecule has 2 aromatic heterocycles. The van der Waals surface area contributed by atoms with Gasteiger partial charge >= 0.3 is 5.97 Å². The summed E-state index contributed by atoms with van der Waals surface area (Å²) in [5, 5.41) is 21.8. The maximum Gasteiger partial charge on any atom is 0.339 e. The molecule has 0 aliphatic heterocycles. The highest BCUT2D eigenvalue weighted by Gasteiger charge is 2.12. The summed E-state index contributed by atoms with van der Waals surface area (Å²) in [4.78, 5) is 15.0. The van der Waals surface area contributed by atoms with Crippen LogP contribution in [0.1, 0.15) is 22.6 Å². The molecule has 2 N–H and O–H groups in total. The summed E-state index contributed by atoms with van der Waals surface area (Å²) in [6.07, 6.45) is 2.76. The van der Waals surface area contributed by atoms with Gasteiger partial charge < -0.3 is 10.2 Å². The third-order valence-corrected chi connectivity index (χ3v) is 2.20. The zero-order valence-corrected chi connectivity index (χ0v) is 8.50. The molecule has 2 heterocycles. The van der Waals surface area contributed by atoms with Crippen LogP contribution in [0.5, 0.6) is 0 Å². The lowest BCUT2D eigenvalue weighted by Gasteiger charge is -1.94. The van der Waals surface area contributed by atoms with E-state index in [1.165, 1.54) is 10.6 Å². The number of rotatable bonds is 4. The lowest BCUT2D eigenvalue weighted by atomic mass is 10.3. The molecule has 84 valence electrons. The molecule has 6 heteroatoms. The van der Waals surface area contributed by atoms with E-state index in [1.54, 1.807) is 12.3 Å². The lowest BCUT2D eigenvalue weighted by Crippen LogP contribution is -2.00. The highest BCUT2D eigenvalue weighted by atomic mass is 16.4. The van der Waals surface area contributed by atoms with Crippen molar-refractivity contribution in [1.82, 2.24) is 14.6 Å². The number of aliphatic hydroxyl groups excluding tert-OH is 1. The molecule has 0 aliphatic rings. The van der Waals surface area contributed by atoms with Gasteiger partial charge in [-0.1, -0.05) is 0 Å². The monoisotopic (exact) mass is 221 g/mol. The SMILES string of the molecule is O=C(O)c1cccn2nc(CCCO)nc12. The first kappa shape index (κ1) is 10.6. The number of carboxylic acid groups (broad SMARTS) is 1. The average molecular weight is 221 g/mol. The predicted molar refractivity (Wildman–Crippen MR) is 55.4 cm³/mol. The van der Waals surface area contributed by atoms with Gasteiger partial charge in [0.2, 0.25) is 0 Å². The van der Waals surface area contributed by atoms with Crippen molar-refractivity contribution in [2.24, 2.45) is 0 Å². The molecule has 0 spiro atoms. The Labute approximate surface area is 91.2 Å². The van der Waals surface area contributed by atoms with Gasteiger partial charge in [0.1, 0.15) is 5.56 Å². The molecule has 0 atom stereocenters. The van der Waals surface area contributed by atoms with E-state index in [-0.39, 0.29) is 12.2 Å². The molecule has 0 aromatic carbocycles. The lowest BCUT2D eigenvalue weighted by molar-refractivity contribution is 0.0698. The van der Waals surface area contributed by atoms with Gasteiger partial charge in [0.25, 0.3) is 0 Å². The fourth-order valence-electron chi connectivity index (χ4n) is 1.46. The van der Waals surface area contributed by atoms with E-state index < -0.39 is 5.97 Å². The Balaban J connectivity index is 2.44. The van der Waals surface area contributed by atoms with E-state index in [0.717, 1.165) is 0 Å². The van der Waals surface area contributed by atoms with Crippen molar-refractivity contribution in [2.45, 2.75) is 12.8 Å². The first-order chi connectivity index (χ1) is 7.72. The summed E-state index contributed by atoms with van der Waals surface area (Å²) in [5.41, 5.74) is 0.466. The Morgan fingerprint density at radius 3 is 3.00 bits per heavy atom. The van der Waals surface area contributed by atoms with Crippen LogP contribution in [0, 0.1) is 0 Å². The minimum Gasteiger partial charge on any atom is -0.478 e. The van der Waals surface area contributed by atoms with Crippen LogP contribution in [0.3, 0.4) is 0 Å². The zero-order chi connectivity index (χ0) is 11.5. The first-order valence-corrected chi connectivity index (χ1v) is 4.91. The third-order valence-electron chi connectivity index (χ3n) is 2.20. The zero-order valence-electron chi connectivity index (χ0n) is 8.50. The van der Waals surface area contributed by atoms with Crippen molar-refractivity contribution in [2.75, 3.05) is 6.61 Å². The molecule has 0 bridgehead atoms. The van der Waals surface area contributed by atoms with Crippen molar-refractivity contribution in [1.29, 1.82) is 0 Å². The molecule has 0 aliphatic carbocycles. The first-order valence-electron chi connectivity index (χ1n) is 4.91. The van der Waals surface area contributed by atoms with Gasteiger partial charge in [-0.25, -0.2) is 14.3 Å². The van der Waals surface area contributed by atoms with Crippen LogP contribution in [0.2, 0.25) is 0 Å². The number of carboxylic acids is 1. The fraction of sp³-hybridized carbons (Fsp3) is 0.300. The third kappa shape index (κ3) is 1.87. The number of aliphatic hydroxyl groups is 1. The summed E-state index contributed by atoms with van der Waals surface area (Å²) in [6, 6.07) is 3.10. The number of hydrogen-bond acceptors (Lipinski definition) is 4. The van der Waals surface area contributed by atoms with Crippen molar-refractivity contribution in [3.8, 4) is 0 Å². The maximum absolute atomic E-state index is 10.9. The molecule has 0 amide bonds. The standard InChI is InChI=1S/C10H11N3O3/c14-6-2-4-8-11-9-7(10(15)16)3-1-5-13(9)12-8/h1,3,5,14H,2,4,6H2,(H,15,16). The molecule has 0 fully saturated rings. The van der Waals surface area contributed by atoms with Crippen LogP contribution in [-0.2, 0) is 6.42 Å². The Hall–Kier alpha value is -1.95. The number of aromatic nitrogens is 3. The van der Waals surface area contributed by atoms with Gasteiger partial charge in [0, 0.05) is 19.2 Å². The van der Waals surface area contributed by atoms with Crippen molar-refractivity contribution >= 4 is 11.6 Å². The second-order valence-electron chi connectivity index (χ2n) is 3.35. The number of nitrogens with zero attached hydrogens (tertiary/aromatic N) is 3. The van der Waals surface area contributed by atoms with Crippen LogP contribution in [0.4, 0.5) is 0 Å². The van der Waals surface area contributed by atoms with Crippen LogP contribution >= 0.6 is 0 Å². The summed E-state index contributed by atoms with van der Waals surface area (Å²) in [6.45, 7) is 0.0708. The Morgan fingerprint density at radius 1 is 1.50 bits per heavy atom. The highest BCUT2D eigenvalue weighted by molar-refractivity contribution is 5.94. The van der Waals surface area contributed by atoms with Gasteiger partial charge in [0.05, 0.1) is 0 Å². The van der Waals surface area contributed by atoms with Gasteiger partial charge in [-0.05, 0) is 18.6 Å². The molecule has 16 heavy (non-hydrogen) atoms. The van der Waals surface area contributed by atoms with Gasteiger partial charge in [-0.15, -0.1) is 0 Å². The van der Waals surface area contributed by atoms with Crippen LogP contribution in [-0.4, -0.2) is 37.4 Å². The topological polar surface area (TPSA) is 87.7 Å². The van der Waals surface area contributed by atoms with E-state index in [1.807, 2.05) is 0 Å². The smallest absolute Gasteiger partial charge is 0.339 e. The number of aryl methyl sites for hydroxylation is 1. The molecule has 0 saturated carbocycles. The van der Waals surface area contributed by atoms with Crippen molar-refractivity contribution < 1.29 is 15.0 Å². The molecule has 2 aromatic rings. The van der Waals surface area contributed by atoms with Crippen LogP contribution < -0.4 is 0 Å². The quantitative estimate of drug-likeness (QED) is 0.777. The molecular weight excluding hydrogens is 210 g/mol. The van der Waals surface area contributed by atoms with Gasteiger partial charge in [-0.3, -0.25) is 0 Å². The molecule has 6 nitrogen and oxygen atoms in total. The van der Waals surface area contributed by atoms with Crippen molar-refractivity contribution in [3.63, 3.8) is 0 Å². The summed E-state index contributed by atoms with van der Waals surface area (Å²) < 4.78 is 1.44. The molecule has 0 radical (unpaired) electrons. The van der Waals surface area contributed by atoms with Gasteiger partial charge in [0.15, 0.2) is 11.5 Å². The minimum atomic E-state index is -1.02. The normalized spacial score (nSPS) is 10.8. The number of aromatic carboxylic acids is 1. The number of hydrogen-bond donors (Lipinski definition) is 2. The van der Waals surface area contributed by atoms with E-state index >= 15 is 0 Å². The Bertz CT molecular complexity index is 521. The maximum atomic E-state index is 10.9. The predicted octanol–water partition coefficient (Wildman–Crippen LogP) is 0.352. The average Bonchev–Trinajstić information content (AvgIpc) is 2.68. The van der Waals surface area contributed by atoms with Gasteiger partial charge in [-0.2, -0.15) is 5.10 Å². The number of fused-ring (bicyclic) bond motifs is 1. The Kier molecular flexibility index (Phi) is 2.82. The fourth-order valence-corrected chi connectivity index (χ4v) is 1.46. The molecule has 0 saturated heterocycles.